The van der Waals surface area contributed by atoms with Gasteiger partial charge in [-0.1, -0.05) is 0 Å². The summed E-state index contributed by atoms with van der Waals surface area (Å²) in [5.74, 6) is -1.23. The molecule has 1 aliphatic rings. The lowest BCUT2D eigenvalue weighted by atomic mass is 10.1. The molecule has 0 aromatic heterocycles. The number of benzene rings is 1. The van der Waals surface area contributed by atoms with Crippen molar-refractivity contribution in [2.24, 2.45) is 0 Å². The number of amides is 2. The summed E-state index contributed by atoms with van der Waals surface area (Å²) in [5.41, 5.74) is 0.930. The normalized spacial score (nSPS) is 15.4. The third kappa shape index (κ3) is 4.04. The number of rotatable bonds is 2. The molecule has 7 nitrogen and oxygen atoms in total. The van der Waals surface area contributed by atoms with E-state index in [1.54, 1.807) is 38.7 Å². The van der Waals surface area contributed by atoms with Crippen LogP contribution in [0.2, 0.25) is 0 Å². The second-order valence-electron chi connectivity index (χ2n) is 6.75. The molecule has 1 aliphatic heterocycles. The van der Waals surface area contributed by atoms with Crippen LogP contribution in [0.25, 0.3) is 0 Å². The van der Waals surface area contributed by atoms with Crippen LogP contribution in [0.1, 0.15) is 36.7 Å². The average Bonchev–Trinajstić information content (AvgIpc) is 2.45. The van der Waals surface area contributed by atoms with Gasteiger partial charge in [0, 0.05) is 18.8 Å². The first-order chi connectivity index (χ1) is 11.1. The number of aryl methyl sites for hydroxylation is 1. The molecule has 0 bridgehead atoms. The van der Waals surface area contributed by atoms with Gasteiger partial charge < -0.3 is 14.7 Å². The molecule has 1 fully saturated rings. The minimum atomic E-state index is -1.01. The van der Waals surface area contributed by atoms with E-state index in [-0.39, 0.29) is 18.0 Å². The van der Waals surface area contributed by atoms with E-state index in [4.69, 9.17) is 9.84 Å². The van der Waals surface area contributed by atoms with Gasteiger partial charge in [-0.2, -0.15) is 0 Å². The summed E-state index contributed by atoms with van der Waals surface area (Å²) in [6.07, 6.45) is -0.506. The Kier molecular flexibility index (Phi) is 4.82. The van der Waals surface area contributed by atoms with Crippen molar-refractivity contribution in [3.63, 3.8) is 0 Å². The summed E-state index contributed by atoms with van der Waals surface area (Å²) >= 11 is 0. The maximum atomic E-state index is 12.4. The van der Waals surface area contributed by atoms with Gasteiger partial charge >= 0.3 is 12.1 Å². The minimum Gasteiger partial charge on any atom is -0.478 e. The third-order valence-electron chi connectivity index (χ3n) is 3.61. The van der Waals surface area contributed by atoms with E-state index in [0.29, 0.717) is 24.3 Å². The van der Waals surface area contributed by atoms with E-state index < -0.39 is 17.7 Å². The van der Waals surface area contributed by atoms with E-state index in [1.165, 1.54) is 17.0 Å². The Bertz CT molecular complexity index is 678. The monoisotopic (exact) mass is 334 g/mol. The SMILES string of the molecule is Cc1cc(C(=O)O)ccc1N1CCN(C(=O)OC(C)(C)C)CC1=O. The van der Waals surface area contributed by atoms with Crippen molar-refractivity contribution in [3.05, 3.63) is 29.3 Å². The first kappa shape index (κ1) is 17.8. The van der Waals surface area contributed by atoms with Crippen LogP contribution >= 0.6 is 0 Å². The van der Waals surface area contributed by atoms with Crippen molar-refractivity contribution < 1.29 is 24.2 Å². The lowest BCUT2D eigenvalue weighted by Crippen LogP contribution is -2.53. The maximum absolute atomic E-state index is 12.4. The van der Waals surface area contributed by atoms with Crippen molar-refractivity contribution in [1.29, 1.82) is 0 Å². The average molecular weight is 334 g/mol. The highest BCUT2D eigenvalue weighted by atomic mass is 16.6. The molecule has 0 saturated carbocycles. The molecule has 1 aromatic rings. The molecule has 0 radical (unpaired) electrons. The van der Waals surface area contributed by atoms with Crippen LogP contribution < -0.4 is 4.90 Å². The Hall–Kier alpha value is -2.57. The molecule has 0 spiro atoms. The highest BCUT2D eigenvalue weighted by Gasteiger charge is 2.31. The number of ether oxygens (including phenoxy) is 1. The smallest absolute Gasteiger partial charge is 0.410 e. The fourth-order valence-electron chi connectivity index (χ4n) is 2.50. The molecule has 2 rings (SSSR count). The zero-order valence-corrected chi connectivity index (χ0v) is 14.3. The highest BCUT2D eigenvalue weighted by molar-refractivity contribution is 5.98. The van der Waals surface area contributed by atoms with Gasteiger partial charge in [-0.3, -0.25) is 9.69 Å². The number of carboxylic acids is 1. The van der Waals surface area contributed by atoms with Crippen LogP contribution in [-0.2, 0) is 9.53 Å². The number of carbonyl (C=O) groups excluding carboxylic acids is 2. The van der Waals surface area contributed by atoms with Gasteiger partial charge in [0.25, 0.3) is 0 Å². The molecule has 1 aromatic carbocycles. The second-order valence-corrected chi connectivity index (χ2v) is 6.75. The molecule has 24 heavy (non-hydrogen) atoms. The number of carboxylic acid groups (broad SMARTS) is 1. The predicted octanol–water partition coefficient (Wildman–Crippen LogP) is 2.28. The summed E-state index contributed by atoms with van der Waals surface area (Å²) in [4.78, 5) is 38.4. The number of hydrogen-bond donors (Lipinski definition) is 1. The highest BCUT2D eigenvalue weighted by Crippen LogP contribution is 2.24. The first-order valence-electron chi connectivity index (χ1n) is 7.71. The van der Waals surface area contributed by atoms with E-state index in [0.717, 1.165) is 0 Å². The van der Waals surface area contributed by atoms with Gasteiger partial charge in [-0.05, 0) is 51.5 Å². The lowest BCUT2D eigenvalue weighted by molar-refractivity contribution is -0.121. The van der Waals surface area contributed by atoms with Crippen molar-refractivity contribution in [1.82, 2.24) is 4.90 Å². The van der Waals surface area contributed by atoms with E-state index in [9.17, 15) is 14.4 Å². The van der Waals surface area contributed by atoms with Crippen LogP contribution in [0, 0.1) is 6.92 Å². The zero-order chi connectivity index (χ0) is 18.1. The predicted molar refractivity (Wildman–Crippen MR) is 88.3 cm³/mol. The van der Waals surface area contributed by atoms with Gasteiger partial charge in [0.1, 0.15) is 12.1 Å². The van der Waals surface area contributed by atoms with Crippen LogP contribution in [0.3, 0.4) is 0 Å². The van der Waals surface area contributed by atoms with Gasteiger partial charge in [0.15, 0.2) is 0 Å². The summed E-state index contributed by atoms with van der Waals surface area (Å²) in [6.45, 7) is 7.72. The molecule has 0 aliphatic carbocycles. The molecule has 7 heteroatoms. The van der Waals surface area contributed by atoms with E-state index in [1.807, 2.05) is 0 Å². The topological polar surface area (TPSA) is 87.2 Å². The molecule has 1 heterocycles. The fraction of sp³-hybridized carbons (Fsp3) is 0.471. The number of anilines is 1. The summed E-state index contributed by atoms with van der Waals surface area (Å²) in [6, 6.07) is 4.63. The molecule has 130 valence electrons. The fourth-order valence-corrected chi connectivity index (χ4v) is 2.50. The van der Waals surface area contributed by atoms with Crippen molar-refractivity contribution >= 4 is 23.7 Å². The number of hydrogen-bond acceptors (Lipinski definition) is 4. The summed E-state index contributed by atoms with van der Waals surface area (Å²) in [5, 5.41) is 9.01. The number of carbonyl (C=O) groups is 3. The number of nitrogens with zero attached hydrogens (tertiary/aromatic N) is 2. The molecular weight excluding hydrogens is 312 g/mol. The van der Waals surface area contributed by atoms with Crippen molar-refractivity contribution in [3.8, 4) is 0 Å². The van der Waals surface area contributed by atoms with Crippen molar-refractivity contribution in [2.75, 3.05) is 24.5 Å². The zero-order valence-electron chi connectivity index (χ0n) is 14.3. The summed E-state index contributed by atoms with van der Waals surface area (Å²) in [7, 11) is 0. The molecule has 2 amide bonds. The Morgan fingerprint density at radius 3 is 2.38 bits per heavy atom. The first-order valence-corrected chi connectivity index (χ1v) is 7.71. The van der Waals surface area contributed by atoms with Gasteiger partial charge in [0.05, 0.1) is 5.56 Å². The van der Waals surface area contributed by atoms with Crippen LogP contribution in [0.5, 0.6) is 0 Å². The Morgan fingerprint density at radius 1 is 1.21 bits per heavy atom. The lowest BCUT2D eigenvalue weighted by Gasteiger charge is -2.35. The Morgan fingerprint density at radius 2 is 1.88 bits per heavy atom. The maximum Gasteiger partial charge on any atom is 0.410 e. The third-order valence-corrected chi connectivity index (χ3v) is 3.61. The Labute approximate surface area is 140 Å². The standard InChI is InChI=1S/C17H22N2O5/c1-11-9-12(15(21)22)5-6-13(11)19-8-7-18(10-14(19)20)16(23)24-17(2,3)4/h5-6,9H,7-8,10H2,1-4H3,(H,21,22). The van der Waals surface area contributed by atoms with Crippen LogP contribution in [0.15, 0.2) is 18.2 Å². The molecule has 0 unspecified atom stereocenters. The number of piperazine rings is 1. The van der Waals surface area contributed by atoms with Crippen LogP contribution in [0.4, 0.5) is 10.5 Å². The van der Waals surface area contributed by atoms with E-state index in [2.05, 4.69) is 0 Å². The Balaban J connectivity index is 2.10. The van der Waals surface area contributed by atoms with Crippen LogP contribution in [-0.4, -0.2) is 53.2 Å². The molecule has 1 saturated heterocycles. The van der Waals surface area contributed by atoms with Gasteiger partial charge in [-0.25, -0.2) is 9.59 Å². The van der Waals surface area contributed by atoms with Gasteiger partial charge in [-0.15, -0.1) is 0 Å². The van der Waals surface area contributed by atoms with Gasteiger partial charge in [0.2, 0.25) is 5.91 Å². The minimum absolute atomic E-state index is 0.0605. The molecular formula is C17H22N2O5. The number of aromatic carboxylic acids is 1. The summed E-state index contributed by atoms with van der Waals surface area (Å²) < 4.78 is 5.28. The largest absolute Gasteiger partial charge is 0.478 e. The quantitative estimate of drug-likeness (QED) is 0.896. The molecule has 0 atom stereocenters. The van der Waals surface area contributed by atoms with Crippen molar-refractivity contribution in [2.45, 2.75) is 33.3 Å². The second kappa shape index (κ2) is 6.51. The van der Waals surface area contributed by atoms with E-state index >= 15 is 0 Å². The molecule has 1 N–H and O–H groups in total.